The highest BCUT2D eigenvalue weighted by Gasteiger charge is 2.71. The molecule has 2 aliphatic rings. The first-order valence-corrected chi connectivity index (χ1v) is 14.9. The minimum atomic E-state index is -3.80. The minimum Gasteiger partial charge on any atom is -0.233 e. The molecule has 0 bridgehead atoms. The molecule has 0 amide bonds. The highest BCUT2D eigenvalue weighted by Crippen LogP contribution is 2.70. The number of aryl methyl sites for hydroxylation is 1. The van der Waals surface area contributed by atoms with E-state index in [-0.39, 0.29) is 34.1 Å². The van der Waals surface area contributed by atoms with Crippen LogP contribution in [-0.2, 0) is 15.4 Å². The quantitative estimate of drug-likeness (QED) is 0.294. The first kappa shape index (κ1) is 25.1. The van der Waals surface area contributed by atoms with Gasteiger partial charge in [0.05, 0.1) is 29.6 Å². The standard InChI is InChI=1S/C30H29FN6O2S/c1-19(2)37-33-16-28(34-37)40(38,39)35-17-26-29(21-7-5-4-6-8-21)30(26,18-35)25-14-22-15-32-36(27(22)13-20(25)3)24-11-9-23(31)10-12-24/h4-16,19,26,29H,17-18H2,1-3H3/t26-,29-,30+/m1/s1. The van der Waals surface area contributed by atoms with Gasteiger partial charge in [0, 0.05) is 29.8 Å². The van der Waals surface area contributed by atoms with E-state index in [1.54, 1.807) is 16.4 Å². The first-order valence-electron chi connectivity index (χ1n) is 13.4. The maximum Gasteiger partial charge on any atom is 0.264 e. The maximum absolute atomic E-state index is 13.7. The van der Waals surface area contributed by atoms with Crippen molar-refractivity contribution in [1.29, 1.82) is 0 Å². The maximum atomic E-state index is 13.7. The van der Waals surface area contributed by atoms with Gasteiger partial charge in [-0.05, 0) is 79.8 Å². The van der Waals surface area contributed by atoms with Crippen molar-refractivity contribution in [3.8, 4) is 5.69 Å². The third kappa shape index (κ3) is 3.66. The molecular formula is C30H29FN6O2S. The molecule has 5 aromatic rings. The molecule has 0 N–H and O–H groups in total. The van der Waals surface area contributed by atoms with Gasteiger partial charge in [-0.15, -0.1) is 5.10 Å². The normalized spacial score (nSPS) is 22.7. The number of halogens is 1. The van der Waals surface area contributed by atoms with Gasteiger partial charge in [-0.3, -0.25) is 0 Å². The Hall–Kier alpha value is -3.89. The molecule has 1 saturated heterocycles. The molecule has 0 radical (unpaired) electrons. The van der Waals surface area contributed by atoms with Crippen LogP contribution in [0.2, 0.25) is 0 Å². The van der Waals surface area contributed by atoms with Crippen LogP contribution >= 0.6 is 0 Å². The van der Waals surface area contributed by atoms with Crippen molar-refractivity contribution in [3.05, 3.63) is 102 Å². The summed E-state index contributed by atoms with van der Waals surface area (Å²) in [6.07, 6.45) is 3.17. The van der Waals surface area contributed by atoms with Gasteiger partial charge in [-0.2, -0.15) is 19.3 Å². The number of aromatic nitrogens is 5. The number of piperidine rings is 1. The summed E-state index contributed by atoms with van der Waals surface area (Å²) in [6, 6.07) is 20.9. The zero-order valence-electron chi connectivity index (χ0n) is 22.4. The third-order valence-corrected chi connectivity index (χ3v) is 10.2. The van der Waals surface area contributed by atoms with Crippen LogP contribution in [0.15, 0.2) is 84.1 Å². The van der Waals surface area contributed by atoms with Gasteiger partial charge in [0.15, 0.2) is 0 Å². The summed E-state index contributed by atoms with van der Waals surface area (Å²) in [5.41, 5.74) is 4.77. The number of hydrogen-bond donors (Lipinski definition) is 0. The largest absolute Gasteiger partial charge is 0.264 e. The lowest BCUT2D eigenvalue weighted by Gasteiger charge is -2.24. The van der Waals surface area contributed by atoms with Gasteiger partial charge >= 0.3 is 0 Å². The van der Waals surface area contributed by atoms with E-state index in [0.717, 1.165) is 27.7 Å². The van der Waals surface area contributed by atoms with E-state index >= 15 is 0 Å². The Bertz CT molecular complexity index is 1850. The fraction of sp³-hybridized carbons (Fsp3) is 0.300. The smallest absolute Gasteiger partial charge is 0.233 e. The fourth-order valence-electron chi connectivity index (χ4n) is 6.63. The second-order valence-electron chi connectivity index (χ2n) is 11.2. The Labute approximate surface area is 232 Å². The van der Waals surface area contributed by atoms with Crippen LogP contribution in [0.5, 0.6) is 0 Å². The van der Waals surface area contributed by atoms with Gasteiger partial charge in [0.2, 0.25) is 5.03 Å². The highest BCUT2D eigenvalue weighted by atomic mass is 32.2. The third-order valence-electron chi connectivity index (χ3n) is 8.55. The molecule has 1 saturated carbocycles. The van der Waals surface area contributed by atoms with Crippen LogP contribution in [0.1, 0.15) is 42.5 Å². The minimum absolute atomic E-state index is 0.0124. The van der Waals surface area contributed by atoms with E-state index in [4.69, 9.17) is 0 Å². The molecule has 2 fully saturated rings. The Morgan fingerprint density at radius 2 is 1.75 bits per heavy atom. The van der Waals surface area contributed by atoms with Gasteiger partial charge in [0.25, 0.3) is 10.0 Å². The average molecular weight is 557 g/mol. The Kier molecular flexibility index (Phi) is 5.53. The number of rotatable bonds is 6. The van der Waals surface area contributed by atoms with Gasteiger partial charge in [-0.1, -0.05) is 30.3 Å². The van der Waals surface area contributed by atoms with Crippen LogP contribution in [0.3, 0.4) is 0 Å². The highest BCUT2D eigenvalue weighted by molar-refractivity contribution is 7.89. The van der Waals surface area contributed by atoms with E-state index in [1.807, 2.05) is 42.9 Å². The predicted molar refractivity (Wildman–Crippen MR) is 149 cm³/mol. The summed E-state index contributed by atoms with van der Waals surface area (Å²) in [5.74, 6) is 0.0416. The summed E-state index contributed by atoms with van der Waals surface area (Å²) >= 11 is 0. The van der Waals surface area contributed by atoms with Gasteiger partial charge in [-0.25, -0.2) is 17.5 Å². The molecule has 0 spiro atoms. The van der Waals surface area contributed by atoms with Crippen molar-refractivity contribution in [3.63, 3.8) is 0 Å². The summed E-state index contributed by atoms with van der Waals surface area (Å²) in [4.78, 5) is 1.43. The number of fused-ring (bicyclic) bond motifs is 2. The molecule has 7 rings (SSSR count). The van der Waals surface area contributed by atoms with Crippen molar-refractivity contribution in [1.82, 2.24) is 29.1 Å². The van der Waals surface area contributed by atoms with Crippen LogP contribution in [0.25, 0.3) is 16.6 Å². The first-order chi connectivity index (χ1) is 19.2. The second kappa shape index (κ2) is 8.81. The number of sulfonamides is 1. The van der Waals surface area contributed by atoms with Crippen molar-refractivity contribution in [2.75, 3.05) is 13.1 Å². The summed E-state index contributed by atoms with van der Waals surface area (Å²) in [6.45, 7) is 6.69. The van der Waals surface area contributed by atoms with E-state index in [2.05, 4.69) is 46.5 Å². The summed E-state index contributed by atoms with van der Waals surface area (Å²) in [7, 11) is -3.80. The molecule has 3 heterocycles. The Balaban J connectivity index is 1.31. The SMILES string of the molecule is Cc1cc2c(cnn2-c2ccc(F)cc2)cc1[C@@]12CN(S(=O)(=O)c3cnn(C(C)C)n3)C[C@@H]1[C@H]2c1ccccc1. The van der Waals surface area contributed by atoms with Gasteiger partial charge in [0.1, 0.15) is 5.82 Å². The van der Waals surface area contributed by atoms with E-state index in [9.17, 15) is 12.8 Å². The summed E-state index contributed by atoms with van der Waals surface area (Å²) < 4.78 is 44.3. The number of benzene rings is 3. The fourth-order valence-corrected chi connectivity index (χ4v) is 8.00. The van der Waals surface area contributed by atoms with Crippen LogP contribution in [0, 0.1) is 18.7 Å². The Morgan fingerprint density at radius 3 is 2.45 bits per heavy atom. The lowest BCUT2D eigenvalue weighted by Crippen LogP contribution is -2.35. The topological polar surface area (TPSA) is 85.9 Å². The molecule has 3 atom stereocenters. The zero-order chi connectivity index (χ0) is 27.8. The number of hydrogen-bond acceptors (Lipinski definition) is 5. The molecule has 8 nitrogen and oxygen atoms in total. The van der Waals surface area contributed by atoms with Crippen LogP contribution in [-0.4, -0.2) is 50.6 Å². The van der Waals surface area contributed by atoms with Crippen LogP contribution < -0.4 is 0 Å². The van der Waals surface area contributed by atoms with E-state index in [0.29, 0.717) is 13.1 Å². The predicted octanol–water partition coefficient (Wildman–Crippen LogP) is 5.00. The average Bonchev–Trinajstić information content (AvgIpc) is 3.42. The Morgan fingerprint density at radius 1 is 1.00 bits per heavy atom. The van der Waals surface area contributed by atoms with Gasteiger partial charge < -0.3 is 0 Å². The molecule has 3 aromatic carbocycles. The van der Waals surface area contributed by atoms with Crippen molar-refractivity contribution >= 4 is 20.9 Å². The molecule has 1 aliphatic carbocycles. The van der Waals surface area contributed by atoms with Crippen molar-refractivity contribution in [2.24, 2.45) is 5.92 Å². The molecule has 40 heavy (non-hydrogen) atoms. The molecule has 0 unspecified atom stereocenters. The lowest BCUT2D eigenvalue weighted by molar-refractivity contribution is 0.414. The van der Waals surface area contributed by atoms with Crippen molar-refractivity contribution in [2.45, 2.75) is 43.2 Å². The monoisotopic (exact) mass is 556 g/mol. The van der Waals surface area contributed by atoms with E-state index in [1.165, 1.54) is 28.7 Å². The summed E-state index contributed by atoms with van der Waals surface area (Å²) in [5, 5.41) is 14.0. The van der Waals surface area contributed by atoms with E-state index < -0.39 is 10.0 Å². The van der Waals surface area contributed by atoms with Crippen molar-refractivity contribution < 1.29 is 12.8 Å². The second-order valence-corrected chi connectivity index (χ2v) is 13.1. The molecular weight excluding hydrogens is 527 g/mol. The molecule has 204 valence electrons. The number of nitrogens with zero attached hydrogens (tertiary/aromatic N) is 6. The molecule has 2 aromatic heterocycles. The lowest BCUT2D eigenvalue weighted by atomic mass is 9.87. The van der Waals surface area contributed by atoms with Crippen LogP contribution in [0.4, 0.5) is 4.39 Å². The molecule has 1 aliphatic heterocycles. The zero-order valence-corrected chi connectivity index (χ0v) is 23.3. The molecule has 10 heteroatoms.